The van der Waals surface area contributed by atoms with Crippen LogP contribution in [0.5, 0.6) is 0 Å². The molecule has 0 unspecified atom stereocenters. The summed E-state index contributed by atoms with van der Waals surface area (Å²) in [5.74, 6) is 0.426. The van der Waals surface area contributed by atoms with Crippen molar-refractivity contribution in [2.75, 3.05) is 34.2 Å². The molecule has 0 saturated carbocycles. The van der Waals surface area contributed by atoms with Gasteiger partial charge >= 0.3 is 0 Å². The van der Waals surface area contributed by atoms with Crippen LogP contribution in [0.4, 0.5) is 0 Å². The van der Waals surface area contributed by atoms with Gasteiger partial charge in [-0.25, -0.2) is 0 Å². The van der Waals surface area contributed by atoms with E-state index in [2.05, 4.69) is 15.5 Å². The molecule has 1 amide bonds. The third kappa shape index (κ3) is 6.47. The highest BCUT2D eigenvalue weighted by atomic mass is 16.2. The molecular formula is C11H25N3O. The predicted octanol–water partition coefficient (Wildman–Crippen LogP) is 0.298. The molecule has 4 heteroatoms. The quantitative estimate of drug-likeness (QED) is 0.600. The van der Waals surface area contributed by atoms with Crippen LogP contribution in [0.25, 0.3) is 0 Å². The van der Waals surface area contributed by atoms with Crippen molar-refractivity contribution in [3.05, 3.63) is 0 Å². The molecule has 0 rings (SSSR count). The van der Waals surface area contributed by atoms with Gasteiger partial charge in [-0.1, -0.05) is 13.8 Å². The monoisotopic (exact) mass is 215 g/mol. The second-order valence-electron chi connectivity index (χ2n) is 4.46. The van der Waals surface area contributed by atoms with Gasteiger partial charge in [0.15, 0.2) is 0 Å². The van der Waals surface area contributed by atoms with E-state index in [1.54, 1.807) is 0 Å². The number of nitrogens with one attached hydrogen (secondary N) is 2. The molecule has 15 heavy (non-hydrogen) atoms. The maximum absolute atomic E-state index is 11.7. The fraction of sp³-hybridized carbons (Fsp3) is 0.909. The summed E-state index contributed by atoms with van der Waals surface area (Å²) in [4.78, 5) is 13.8. The highest BCUT2D eigenvalue weighted by molar-refractivity contribution is 5.81. The number of rotatable bonds is 7. The van der Waals surface area contributed by atoms with E-state index in [9.17, 15) is 4.79 Å². The van der Waals surface area contributed by atoms with Crippen LogP contribution in [0.2, 0.25) is 0 Å². The first kappa shape index (κ1) is 14.4. The van der Waals surface area contributed by atoms with Crippen molar-refractivity contribution in [3.8, 4) is 0 Å². The summed E-state index contributed by atoms with van der Waals surface area (Å²) >= 11 is 0. The van der Waals surface area contributed by atoms with Gasteiger partial charge in [0.05, 0.1) is 6.04 Å². The first-order valence-corrected chi connectivity index (χ1v) is 5.58. The van der Waals surface area contributed by atoms with Crippen molar-refractivity contribution in [2.24, 2.45) is 5.92 Å². The van der Waals surface area contributed by atoms with E-state index < -0.39 is 0 Å². The van der Waals surface area contributed by atoms with Crippen molar-refractivity contribution in [3.63, 3.8) is 0 Å². The van der Waals surface area contributed by atoms with Crippen LogP contribution in [0.3, 0.4) is 0 Å². The number of carbonyl (C=O) groups excluding carboxylic acids is 1. The first-order chi connectivity index (χ1) is 6.99. The number of hydrogen-bond donors (Lipinski definition) is 2. The minimum atomic E-state index is -0.0793. The van der Waals surface area contributed by atoms with Gasteiger partial charge in [-0.05, 0) is 40.0 Å². The molecule has 0 fully saturated rings. The van der Waals surface area contributed by atoms with Crippen LogP contribution in [0, 0.1) is 5.92 Å². The summed E-state index contributed by atoms with van der Waals surface area (Å²) in [5.41, 5.74) is 0. The molecule has 0 saturated heterocycles. The zero-order valence-corrected chi connectivity index (χ0v) is 10.6. The maximum atomic E-state index is 11.7. The van der Waals surface area contributed by atoms with Crippen LogP contribution < -0.4 is 10.6 Å². The molecule has 0 heterocycles. The lowest BCUT2D eigenvalue weighted by atomic mass is 10.0. The molecule has 90 valence electrons. The molecule has 1 atom stereocenters. The molecule has 0 aliphatic rings. The molecular weight excluding hydrogens is 190 g/mol. The zero-order valence-electron chi connectivity index (χ0n) is 10.6. The van der Waals surface area contributed by atoms with Gasteiger partial charge in [0.1, 0.15) is 0 Å². The number of amides is 1. The minimum Gasteiger partial charge on any atom is -0.355 e. The normalized spacial score (nSPS) is 13.3. The van der Waals surface area contributed by atoms with Gasteiger partial charge in [-0.2, -0.15) is 0 Å². The number of hydrogen-bond acceptors (Lipinski definition) is 3. The lowest BCUT2D eigenvalue weighted by Gasteiger charge is -2.19. The predicted molar refractivity (Wildman–Crippen MR) is 63.9 cm³/mol. The third-order valence-electron chi connectivity index (χ3n) is 2.34. The van der Waals surface area contributed by atoms with Gasteiger partial charge in [-0.15, -0.1) is 0 Å². The molecule has 0 aliphatic heterocycles. The highest BCUT2D eigenvalue weighted by Crippen LogP contribution is 2.00. The summed E-state index contributed by atoms with van der Waals surface area (Å²) in [5, 5.41) is 5.97. The topological polar surface area (TPSA) is 44.4 Å². The van der Waals surface area contributed by atoms with Gasteiger partial charge < -0.3 is 15.5 Å². The summed E-state index contributed by atoms with van der Waals surface area (Å²) in [6, 6.07) is -0.0793. The number of carbonyl (C=O) groups is 1. The average Bonchev–Trinajstić information content (AvgIpc) is 2.12. The SMILES string of the molecule is CN[C@@H](C(=O)NCCCN(C)C)C(C)C. The molecule has 0 bridgehead atoms. The number of likely N-dealkylation sites (N-methyl/N-ethyl adjacent to an activating group) is 1. The summed E-state index contributed by atoms with van der Waals surface area (Å²) in [6.45, 7) is 5.84. The Morgan fingerprint density at radius 1 is 1.33 bits per heavy atom. The minimum absolute atomic E-state index is 0.0793. The standard InChI is InChI=1S/C11H25N3O/c1-9(2)10(12-3)11(15)13-7-6-8-14(4)5/h9-10,12H,6-8H2,1-5H3,(H,13,15)/t10-/m1/s1. The largest absolute Gasteiger partial charge is 0.355 e. The lowest BCUT2D eigenvalue weighted by Crippen LogP contribution is -2.46. The van der Waals surface area contributed by atoms with Crippen LogP contribution >= 0.6 is 0 Å². The van der Waals surface area contributed by atoms with Gasteiger partial charge in [-0.3, -0.25) is 4.79 Å². The average molecular weight is 215 g/mol. The zero-order chi connectivity index (χ0) is 11.8. The molecule has 0 spiro atoms. The molecule has 0 aromatic rings. The molecule has 2 N–H and O–H groups in total. The Bertz CT molecular complexity index is 181. The molecule has 0 aromatic carbocycles. The van der Waals surface area contributed by atoms with Crippen molar-refractivity contribution in [1.82, 2.24) is 15.5 Å². The van der Waals surface area contributed by atoms with E-state index in [-0.39, 0.29) is 11.9 Å². The smallest absolute Gasteiger partial charge is 0.237 e. The molecule has 0 aliphatic carbocycles. The van der Waals surface area contributed by atoms with Gasteiger partial charge in [0.2, 0.25) is 5.91 Å². The Balaban J connectivity index is 3.72. The highest BCUT2D eigenvalue weighted by Gasteiger charge is 2.18. The van der Waals surface area contributed by atoms with E-state index >= 15 is 0 Å². The Morgan fingerprint density at radius 2 is 1.93 bits per heavy atom. The fourth-order valence-electron chi connectivity index (χ4n) is 1.48. The van der Waals surface area contributed by atoms with Crippen LogP contribution in [0.1, 0.15) is 20.3 Å². The van der Waals surface area contributed by atoms with Crippen LogP contribution in [-0.4, -0.2) is 51.1 Å². The van der Waals surface area contributed by atoms with E-state index in [4.69, 9.17) is 0 Å². The van der Waals surface area contributed by atoms with E-state index in [0.717, 1.165) is 19.5 Å². The van der Waals surface area contributed by atoms with Crippen molar-refractivity contribution in [2.45, 2.75) is 26.3 Å². The second-order valence-corrected chi connectivity index (χ2v) is 4.46. The Kier molecular flexibility index (Phi) is 7.34. The summed E-state index contributed by atoms with van der Waals surface area (Å²) in [6.07, 6.45) is 0.993. The van der Waals surface area contributed by atoms with E-state index in [0.29, 0.717) is 5.92 Å². The maximum Gasteiger partial charge on any atom is 0.237 e. The Hall–Kier alpha value is -0.610. The third-order valence-corrected chi connectivity index (χ3v) is 2.34. The number of nitrogens with zero attached hydrogens (tertiary/aromatic N) is 1. The van der Waals surface area contributed by atoms with Gasteiger partial charge in [0, 0.05) is 6.54 Å². The summed E-state index contributed by atoms with van der Waals surface area (Å²) in [7, 11) is 5.89. The molecule has 0 radical (unpaired) electrons. The molecule has 4 nitrogen and oxygen atoms in total. The lowest BCUT2D eigenvalue weighted by molar-refractivity contribution is -0.124. The fourth-order valence-corrected chi connectivity index (χ4v) is 1.48. The first-order valence-electron chi connectivity index (χ1n) is 5.58. The Labute approximate surface area is 93.4 Å². The Morgan fingerprint density at radius 3 is 2.33 bits per heavy atom. The van der Waals surface area contributed by atoms with E-state index in [1.165, 1.54) is 0 Å². The van der Waals surface area contributed by atoms with Crippen LogP contribution in [-0.2, 0) is 4.79 Å². The van der Waals surface area contributed by atoms with Crippen LogP contribution in [0.15, 0.2) is 0 Å². The second kappa shape index (κ2) is 7.65. The van der Waals surface area contributed by atoms with Gasteiger partial charge in [0.25, 0.3) is 0 Å². The van der Waals surface area contributed by atoms with E-state index in [1.807, 2.05) is 35.0 Å². The van der Waals surface area contributed by atoms with Crippen molar-refractivity contribution in [1.29, 1.82) is 0 Å². The van der Waals surface area contributed by atoms with Crippen molar-refractivity contribution >= 4 is 5.91 Å². The molecule has 0 aromatic heterocycles. The van der Waals surface area contributed by atoms with Crippen molar-refractivity contribution < 1.29 is 4.79 Å². The summed E-state index contributed by atoms with van der Waals surface area (Å²) < 4.78 is 0.